The van der Waals surface area contributed by atoms with Crippen molar-refractivity contribution in [3.8, 4) is 11.5 Å². The largest absolute Gasteiger partial charge is 0.486 e. The van der Waals surface area contributed by atoms with Crippen LogP contribution in [-0.2, 0) is 6.42 Å². The number of imidazole rings is 1. The van der Waals surface area contributed by atoms with Crippen LogP contribution in [0.1, 0.15) is 42.0 Å². The van der Waals surface area contributed by atoms with Gasteiger partial charge in [-0.1, -0.05) is 13.0 Å². The maximum atomic E-state index is 13.1. The lowest BCUT2D eigenvalue weighted by Crippen LogP contribution is -2.41. The highest BCUT2D eigenvalue weighted by molar-refractivity contribution is 5.98. The minimum Gasteiger partial charge on any atom is -0.486 e. The van der Waals surface area contributed by atoms with Crippen molar-refractivity contribution in [2.45, 2.75) is 32.2 Å². The van der Waals surface area contributed by atoms with Gasteiger partial charge < -0.3 is 18.9 Å². The number of rotatable bonds is 3. The number of ether oxygens (including phenoxy) is 2. The third kappa shape index (κ3) is 2.97. The number of fused-ring (bicyclic) bond motifs is 1. The molecule has 2 aliphatic heterocycles. The van der Waals surface area contributed by atoms with E-state index < -0.39 is 0 Å². The second kappa shape index (κ2) is 6.78. The zero-order valence-corrected chi connectivity index (χ0v) is 14.5. The Balaban J connectivity index is 1.57. The van der Waals surface area contributed by atoms with E-state index in [2.05, 4.69) is 16.5 Å². The van der Waals surface area contributed by atoms with E-state index >= 15 is 0 Å². The Morgan fingerprint density at radius 1 is 1.32 bits per heavy atom. The molecule has 0 N–H and O–H groups in total. The molecule has 1 saturated heterocycles. The van der Waals surface area contributed by atoms with Crippen molar-refractivity contribution < 1.29 is 14.3 Å². The van der Waals surface area contributed by atoms with Gasteiger partial charge in [0.1, 0.15) is 19.0 Å². The minimum atomic E-state index is 0.0187. The van der Waals surface area contributed by atoms with Gasteiger partial charge in [0, 0.05) is 31.9 Å². The predicted octanol–water partition coefficient (Wildman–Crippen LogP) is 2.69. The van der Waals surface area contributed by atoms with Gasteiger partial charge in [-0.2, -0.15) is 0 Å². The van der Waals surface area contributed by atoms with Crippen LogP contribution in [0.4, 0.5) is 0 Å². The summed E-state index contributed by atoms with van der Waals surface area (Å²) in [6.07, 6.45) is 6.83. The number of amides is 1. The van der Waals surface area contributed by atoms with Crippen molar-refractivity contribution in [2.75, 3.05) is 26.3 Å². The second-order valence-corrected chi connectivity index (χ2v) is 6.48. The monoisotopic (exact) mass is 341 g/mol. The van der Waals surface area contributed by atoms with Gasteiger partial charge in [-0.05, 0) is 25.0 Å². The Morgan fingerprint density at radius 3 is 3.08 bits per heavy atom. The van der Waals surface area contributed by atoms with E-state index in [9.17, 15) is 4.79 Å². The van der Waals surface area contributed by atoms with Crippen molar-refractivity contribution in [2.24, 2.45) is 0 Å². The molecule has 6 heteroatoms. The average Bonchev–Trinajstić information content (AvgIpc) is 3.16. The highest BCUT2D eigenvalue weighted by atomic mass is 16.6. The van der Waals surface area contributed by atoms with Gasteiger partial charge in [-0.25, -0.2) is 4.98 Å². The van der Waals surface area contributed by atoms with E-state index in [4.69, 9.17) is 9.47 Å². The molecule has 1 atom stereocenters. The number of para-hydroxylation sites is 1. The molecular weight excluding hydrogens is 318 g/mol. The summed E-state index contributed by atoms with van der Waals surface area (Å²) in [5, 5.41) is 0. The highest BCUT2D eigenvalue weighted by Crippen LogP contribution is 2.35. The summed E-state index contributed by atoms with van der Waals surface area (Å²) < 4.78 is 13.5. The molecule has 4 rings (SSSR count). The fraction of sp³-hybridized carbons (Fsp3) is 0.474. The Hall–Kier alpha value is -2.50. The molecule has 1 aromatic carbocycles. The standard InChI is InChI=1S/C19H23N3O3/c1-2-17-20-8-10-22(17)14-5-4-9-21(13-14)19(23)15-6-3-7-16-18(15)25-12-11-24-16/h3,6-8,10,14H,2,4-5,9,11-13H2,1H3. The molecule has 1 fully saturated rings. The van der Waals surface area contributed by atoms with Gasteiger partial charge in [0.15, 0.2) is 11.5 Å². The van der Waals surface area contributed by atoms with E-state index in [0.717, 1.165) is 31.6 Å². The van der Waals surface area contributed by atoms with Crippen molar-refractivity contribution in [3.63, 3.8) is 0 Å². The van der Waals surface area contributed by atoms with Crippen LogP contribution in [0.2, 0.25) is 0 Å². The van der Waals surface area contributed by atoms with Crippen LogP contribution in [-0.4, -0.2) is 46.7 Å². The summed E-state index contributed by atoms with van der Waals surface area (Å²) in [5.41, 5.74) is 0.596. The predicted molar refractivity (Wildman–Crippen MR) is 93.2 cm³/mol. The zero-order valence-electron chi connectivity index (χ0n) is 14.5. The number of hydrogen-bond donors (Lipinski definition) is 0. The molecule has 1 unspecified atom stereocenters. The van der Waals surface area contributed by atoms with Crippen LogP contribution >= 0.6 is 0 Å². The molecule has 1 amide bonds. The van der Waals surface area contributed by atoms with Crippen molar-refractivity contribution in [3.05, 3.63) is 42.0 Å². The maximum Gasteiger partial charge on any atom is 0.257 e. The lowest BCUT2D eigenvalue weighted by Gasteiger charge is -2.34. The number of piperidine rings is 1. The molecule has 2 aromatic rings. The van der Waals surface area contributed by atoms with E-state index in [1.54, 1.807) is 0 Å². The lowest BCUT2D eigenvalue weighted by molar-refractivity contribution is 0.0668. The van der Waals surface area contributed by atoms with Crippen LogP contribution in [0.25, 0.3) is 0 Å². The van der Waals surface area contributed by atoms with Gasteiger partial charge in [-0.15, -0.1) is 0 Å². The fourth-order valence-corrected chi connectivity index (χ4v) is 3.73. The summed E-state index contributed by atoms with van der Waals surface area (Å²) in [6, 6.07) is 5.82. The number of carbonyl (C=O) groups is 1. The Labute approximate surface area is 147 Å². The first-order valence-electron chi connectivity index (χ1n) is 8.97. The first-order valence-corrected chi connectivity index (χ1v) is 8.97. The number of nitrogens with zero attached hydrogens (tertiary/aromatic N) is 3. The Kier molecular flexibility index (Phi) is 4.34. The molecule has 3 heterocycles. The maximum absolute atomic E-state index is 13.1. The van der Waals surface area contributed by atoms with Crippen LogP contribution in [0.15, 0.2) is 30.6 Å². The number of aryl methyl sites for hydroxylation is 1. The highest BCUT2D eigenvalue weighted by Gasteiger charge is 2.29. The molecule has 2 aliphatic rings. The zero-order chi connectivity index (χ0) is 17.2. The minimum absolute atomic E-state index is 0.0187. The summed E-state index contributed by atoms with van der Waals surface area (Å²) >= 11 is 0. The third-order valence-electron chi connectivity index (χ3n) is 4.94. The van der Waals surface area contributed by atoms with Gasteiger partial charge in [0.2, 0.25) is 0 Å². The summed E-state index contributed by atoms with van der Waals surface area (Å²) in [6.45, 7) is 4.59. The second-order valence-electron chi connectivity index (χ2n) is 6.48. The number of aromatic nitrogens is 2. The summed E-state index contributed by atoms with van der Waals surface area (Å²) in [4.78, 5) is 19.5. The number of benzene rings is 1. The Bertz CT molecular complexity index is 771. The normalized spacial score (nSPS) is 19.7. The summed E-state index contributed by atoms with van der Waals surface area (Å²) in [5.74, 6) is 2.34. The molecule has 132 valence electrons. The molecule has 0 saturated carbocycles. The molecule has 6 nitrogen and oxygen atoms in total. The molecule has 25 heavy (non-hydrogen) atoms. The van der Waals surface area contributed by atoms with Gasteiger partial charge in [0.25, 0.3) is 5.91 Å². The molecule has 0 spiro atoms. The molecule has 0 radical (unpaired) electrons. The van der Waals surface area contributed by atoms with Crippen LogP contribution in [0.5, 0.6) is 11.5 Å². The van der Waals surface area contributed by atoms with E-state index in [0.29, 0.717) is 36.8 Å². The number of hydrogen-bond acceptors (Lipinski definition) is 4. The molecular formula is C19H23N3O3. The SMILES string of the molecule is CCc1nccn1C1CCCN(C(=O)c2cccc3c2OCCO3)C1. The van der Waals surface area contributed by atoms with Crippen molar-refractivity contribution >= 4 is 5.91 Å². The Morgan fingerprint density at radius 2 is 2.20 bits per heavy atom. The van der Waals surface area contributed by atoms with E-state index in [-0.39, 0.29) is 11.9 Å². The van der Waals surface area contributed by atoms with Crippen molar-refractivity contribution in [1.82, 2.24) is 14.5 Å². The first kappa shape index (κ1) is 16.0. The fourth-order valence-electron chi connectivity index (χ4n) is 3.73. The van der Waals surface area contributed by atoms with E-state index in [1.165, 1.54) is 0 Å². The van der Waals surface area contributed by atoms with Crippen LogP contribution in [0.3, 0.4) is 0 Å². The van der Waals surface area contributed by atoms with Gasteiger partial charge in [-0.3, -0.25) is 4.79 Å². The van der Waals surface area contributed by atoms with Gasteiger partial charge in [0.05, 0.1) is 11.6 Å². The van der Waals surface area contributed by atoms with E-state index in [1.807, 2.05) is 35.5 Å². The lowest BCUT2D eigenvalue weighted by atomic mass is 10.0. The third-order valence-corrected chi connectivity index (χ3v) is 4.94. The smallest absolute Gasteiger partial charge is 0.257 e. The number of carbonyl (C=O) groups excluding carboxylic acids is 1. The topological polar surface area (TPSA) is 56.6 Å². The van der Waals surface area contributed by atoms with Gasteiger partial charge >= 0.3 is 0 Å². The summed E-state index contributed by atoms with van der Waals surface area (Å²) in [7, 11) is 0. The quantitative estimate of drug-likeness (QED) is 0.861. The first-order chi connectivity index (χ1) is 12.3. The molecule has 0 aliphatic carbocycles. The van der Waals surface area contributed by atoms with Crippen molar-refractivity contribution in [1.29, 1.82) is 0 Å². The van der Waals surface area contributed by atoms with Crippen LogP contribution in [0, 0.1) is 0 Å². The molecule has 1 aromatic heterocycles. The molecule has 0 bridgehead atoms. The van der Waals surface area contributed by atoms with Crippen LogP contribution < -0.4 is 9.47 Å². The average molecular weight is 341 g/mol. The number of likely N-dealkylation sites (tertiary alicyclic amines) is 1.